The van der Waals surface area contributed by atoms with E-state index >= 15 is 0 Å². The van der Waals surface area contributed by atoms with Crippen LogP contribution in [0.4, 0.5) is 0 Å². The molecule has 0 spiro atoms. The van der Waals surface area contributed by atoms with Crippen LogP contribution in [-0.4, -0.2) is 118 Å². The summed E-state index contributed by atoms with van der Waals surface area (Å²) in [6, 6.07) is 0. The molecular weight excluding hydrogens is 357 g/mol. The van der Waals surface area contributed by atoms with Crippen molar-refractivity contribution in [2.45, 2.75) is 0 Å². The molecule has 0 heterocycles. The van der Waals surface area contributed by atoms with Gasteiger partial charge in [0.25, 0.3) is 0 Å². The number of nitrogens with zero attached hydrogens (tertiary/aromatic N) is 3. The molecule has 11 nitrogen and oxygen atoms in total. The quantitative estimate of drug-likeness (QED) is 0.234. The van der Waals surface area contributed by atoms with E-state index in [1.807, 2.05) is 4.90 Å². The summed E-state index contributed by atoms with van der Waals surface area (Å²) in [4.78, 5) is 47.4. The monoisotopic (exact) mass is 381 g/mol. The third-order valence-electron chi connectivity index (χ3n) is 3.16. The van der Waals surface area contributed by atoms with Gasteiger partial charge in [-0.15, -0.1) is 9.24 Å². The van der Waals surface area contributed by atoms with E-state index in [-0.39, 0.29) is 13.1 Å². The van der Waals surface area contributed by atoms with Crippen LogP contribution in [0.2, 0.25) is 0 Å². The molecular formula is C13H24N3O8P. The molecule has 0 amide bonds. The zero-order chi connectivity index (χ0) is 19.4. The van der Waals surface area contributed by atoms with Crippen molar-refractivity contribution in [2.75, 3.05) is 58.6 Å². The first kappa shape index (κ1) is 23.2. The normalized spacial score (nSPS) is 11.2. The lowest BCUT2D eigenvalue weighted by molar-refractivity contribution is -0.143. The van der Waals surface area contributed by atoms with Crippen molar-refractivity contribution >= 4 is 33.1 Å². The maximum Gasteiger partial charge on any atom is 0.317 e. The first-order valence-corrected chi connectivity index (χ1v) is 8.20. The van der Waals surface area contributed by atoms with Crippen LogP contribution in [0, 0.1) is 0 Å². The van der Waals surface area contributed by atoms with Gasteiger partial charge >= 0.3 is 23.9 Å². The van der Waals surface area contributed by atoms with Gasteiger partial charge in [-0.05, 0) is 0 Å². The number of carboxylic acid groups (broad SMARTS) is 4. The lowest BCUT2D eigenvalue weighted by atomic mass is 10.4. The van der Waals surface area contributed by atoms with Gasteiger partial charge in [-0.2, -0.15) is 0 Å². The molecule has 0 aromatic carbocycles. The van der Waals surface area contributed by atoms with Crippen molar-refractivity contribution in [1.82, 2.24) is 14.7 Å². The van der Waals surface area contributed by atoms with Crippen molar-refractivity contribution in [2.24, 2.45) is 0 Å². The molecule has 0 aliphatic heterocycles. The first-order chi connectivity index (χ1) is 11.6. The molecule has 0 rings (SSSR count). The maximum atomic E-state index is 10.8. The number of hydrogen-bond donors (Lipinski definition) is 4. The molecule has 1 atom stereocenters. The van der Waals surface area contributed by atoms with Crippen LogP contribution in [0.1, 0.15) is 0 Å². The molecule has 0 fully saturated rings. The Labute approximate surface area is 147 Å². The average molecular weight is 381 g/mol. The predicted octanol–water partition coefficient (Wildman–Crippen LogP) is -1.94. The highest BCUT2D eigenvalue weighted by Crippen LogP contribution is 1.99. The van der Waals surface area contributed by atoms with E-state index in [1.54, 1.807) is 0 Å². The van der Waals surface area contributed by atoms with Crippen LogP contribution in [0.3, 0.4) is 0 Å². The van der Waals surface area contributed by atoms with Crippen molar-refractivity contribution < 1.29 is 39.6 Å². The van der Waals surface area contributed by atoms with Gasteiger partial charge in [0, 0.05) is 32.5 Å². The minimum atomic E-state index is -1.13. The van der Waals surface area contributed by atoms with Gasteiger partial charge in [-0.3, -0.25) is 33.9 Å². The topological polar surface area (TPSA) is 159 Å². The van der Waals surface area contributed by atoms with E-state index in [1.165, 1.54) is 9.80 Å². The van der Waals surface area contributed by atoms with Gasteiger partial charge in [0.15, 0.2) is 0 Å². The minimum absolute atomic E-state index is 0.199. The molecule has 0 aliphatic rings. The molecule has 0 aromatic heterocycles. The second-order valence-corrected chi connectivity index (χ2v) is 5.66. The summed E-state index contributed by atoms with van der Waals surface area (Å²) in [6.45, 7) is -0.490. The zero-order valence-electron chi connectivity index (χ0n) is 13.7. The smallest absolute Gasteiger partial charge is 0.317 e. The Morgan fingerprint density at radius 3 is 1.00 bits per heavy atom. The van der Waals surface area contributed by atoms with Crippen LogP contribution in [0.25, 0.3) is 0 Å². The molecule has 0 aliphatic carbocycles. The van der Waals surface area contributed by atoms with E-state index < -0.39 is 50.1 Å². The van der Waals surface area contributed by atoms with Crippen molar-refractivity contribution in [3.63, 3.8) is 0 Å². The fraction of sp³-hybridized carbons (Fsp3) is 0.692. The van der Waals surface area contributed by atoms with Crippen molar-refractivity contribution in [3.05, 3.63) is 0 Å². The summed E-state index contributed by atoms with van der Waals surface area (Å²) < 4.78 is 0. The molecule has 0 saturated carbocycles. The molecule has 0 bridgehead atoms. The van der Waals surface area contributed by atoms with Gasteiger partial charge in [-0.25, -0.2) is 0 Å². The van der Waals surface area contributed by atoms with E-state index in [9.17, 15) is 19.2 Å². The van der Waals surface area contributed by atoms with Crippen LogP contribution in [-0.2, 0) is 19.2 Å². The molecule has 0 saturated heterocycles. The van der Waals surface area contributed by atoms with Crippen LogP contribution < -0.4 is 0 Å². The summed E-state index contributed by atoms with van der Waals surface area (Å²) in [7, 11) is 2.47. The van der Waals surface area contributed by atoms with Gasteiger partial charge < -0.3 is 20.4 Å². The third kappa shape index (κ3) is 13.2. The highest BCUT2D eigenvalue weighted by atomic mass is 31.0. The summed E-state index contributed by atoms with van der Waals surface area (Å²) in [5, 5.41) is 35.2. The van der Waals surface area contributed by atoms with Crippen LogP contribution >= 0.6 is 9.24 Å². The van der Waals surface area contributed by atoms with Gasteiger partial charge in [-0.1, -0.05) is 0 Å². The fourth-order valence-corrected chi connectivity index (χ4v) is 2.42. The lowest BCUT2D eigenvalue weighted by Gasteiger charge is -2.27. The summed E-state index contributed by atoms with van der Waals surface area (Å²) in [5.74, 6) is -4.53. The van der Waals surface area contributed by atoms with Gasteiger partial charge in [0.1, 0.15) is 0 Å². The Morgan fingerprint density at radius 1 is 0.560 bits per heavy atom. The summed E-state index contributed by atoms with van der Waals surface area (Å²) in [6.07, 6.45) is 0.488. The number of aliphatic carboxylic acids is 4. The van der Waals surface area contributed by atoms with E-state index in [0.29, 0.717) is 19.4 Å². The first-order valence-electron chi connectivity index (χ1n) is 7.38. The van der Waals surface area contributed by atoms with Crippen LogP contribution in [0.5, 0.6) is 0 Å². The number of carbonyl (C=O) groups is 4. The van der Waals surface area contributed by atoms with E-state index in [2.05, 4.69) is 9.24 Å². The molecule has 12 heteroatoms. The molecule has 144 valence electrons. The highest BCUT2D eigenvalue weighted by Gasteiger charge is 2.17. The maximum absolute atomic E-state index is 10.8. The minimum Gasteiger partial charge on any atom is -0.480 e. The number of rotatable bonds is 15. The average Bonchev–Trinajstić information content (AvgIpc) is 2.44. The van der Waals surface area contributed by atoms with Gasteiger partial charge in [0.2, 0.25) is 0 Å². The fourth-order valence-electron chi connectivity index (χ4n) is 2.05. The Bertz CT molecular complexity index is 404. The second-order valence-electron chi connectivity index (χ2n) is 5.30. The molecule has 0 radical (unpaired) electrons. The van der Waals surface area contributed by atoms with Crippen LogP contribution in [0.15, 0.2) is 0 Å². The SMILES string of the molecule is O=C(O)CN(CCN(CP)CCN(CC(=O)O)CC(=O)O)CC(=O)O. The van der Waals surface area contributed by atoms with E-state index in [4.69, 9.17) is 20.4 Å². The Kier molecular flexibility index (Phi) is 11.6. The Hall–Kier alpha value is -1.81. The molecule has 1 unspecified atom stereocenters. The standard InChI is InChI=1S/C13H24N3O8P/c17-10(18)5-15(6-11(19)20)3-1-14(9-25)2-4-16(7-12(21)22)8-13(23)24/h1-9,25H2,(H,17,18)(H,19,20)(H,21,22)(H,23,24). The highest BCUT2D eigenvalue weighted by molar-refractivity contribution is 7.16. The lowest BCUT2D eigenvalue weighted by Crippen LogP contribution is -2.43. The number of hydrogen-bond acceptors (Lipinski definition) is 7. The molecule has 4 N–H and O–H groups in total. The predicted molar refractivity (Wildman–Crippen MR) is 89.6 cm³/mol. The van der Waals surface area contributed by atoms with Gasteiger partial charge in [0.05, 0.1) is 26.2 Å². The van der Waals surface area contributed by atoms with Crippen molar-refractivity contribution in [3.8, 4) is 0 Å². The Balaban J connectivity index is 4.53. The number of carboxylic acids is 4. The third-order valence-corrected chi connectivity index (χ3v) is 3.67. The van der Waals surface area contributed by atoms with Crippen molar-refractivity contribution in [1.29, 1.82) is 0 Å². The second kappa shape index (κ2) is 12.5. The zero-order valence-corrected chi connectivity index (χ0v) is 14.9. The van der Waals surface area contributed by atoms with E-state index in [0.717, 1.165) is 0 Å². The summed E-state index contributed by atoms with van der Waals surface area (Å²) in [5.41, 5.74) is 0. The molecule has 25 heavy (non-hydrogen) atoms. The molecule has 0 aromatic rings. The summed E-state index contributed by atoms with van der Waals surface area (Å²) >= 11 is 0. The Morgan fingerprint density at radius 2 is 0.800 bits per heavy atom. The largest absolute Gasteiger partial charge is 0.480 e.